The number of nitrogens with zero attached hydrogens (tertiary/aromatic N) is 6. The van der Waals surface area contributed by atoms with E-state index < -0.39 is 0 Å². The van der Waals surface area contributed by atoms with Crippen LogP contribution in [0.2, 0.25) is 0 Å². The van der Waals surface area contributed by atoms with Crippen LogP contribution >= 0.6 is 0 Å². The Bertz CT molecular complexity index is 1220. The number of aromatic nitrogens is 4. The molecule has 2 fully saturated rings. The minimum atomic E-state index is -0.220. The fourth-order valence-corrected chi connectivity index (χ4v) is 5.25. The van der Waals surface area contributed by atoms with E-state index in [1.54, 1.807) is 12.4 Å². The smallest absolute Gasteiger partial charge is 0.319 e. The van der Waals surface area contributed by atoms with E-state index >= 15 is 0 Å². The molecule has 2 N–H and O–H groups in total. The second-order valence-electron chi connectivity index (χ2n) is 9.44. The van der Waals surface area contributed by atoms with E-state index in [0.29, 0.717) is 18.9 Å². The molecule has 3 aliphatic heterocycles. The molecule has 3 aliphatic rings. The summed E-state index contributed by atoms with van der Waals surface area (Å²) in [5, 5.41) is 5.58. The van der Waals surface area contributed by atoms with Crippen LogP contribution in [0, 0.1) is 0 Å². The molecule has 0 saturated carbocycles. The number of morpholine rings is 1. The Hall–Kier alpha value is -3.79. The normalized spacial score (nSPS) is 20.7. The summed E-state index contributed by atoms with van der Waals surface area (Å²) in [4.78, 5) is 35.5. The van der Waals surface area contributed by atoms with Gasteiger partial charge in [0, 0.05) is 55.4 Å². The molecule has 3 aromatic rings. The molecule has 10 heteroatoms. The first-order valence-electron chi connectivity index (χ1n) is 12.6. The summed E-state index contributed by atoms with van der Waals surface area (Å²) in [6.45, 7) is 5.64. The lowest BCUT2D eigenvalue weighted by molar-refractivity contribution is 0.0301. The third kappa shape index (κ3) is 4.56. The molecule has 186 valence electrons. The van der Waals surface area contributed by atoms with E-state index in [1.807, 2.05) is 37.3 Å². The Morgan fingerprint density at radius 1 is 1.06 bits per heavy atom. The Balaban J connectivity index is 1.34. The zero-order valence-electron chi connectivity index (χ0n) is 20.4. The quantitative estimate of drug-likeness (QED) is 0.567. The summed E-state index contributed by atoms with van der Waals surface area (Å²) in [6.07, 6.45) is 7.15. The molecule has 2 amide bonds. The number of carbonyl (C=O) groups excluding carboxylic acids is 1. The van der Waals surface area contributed by atoms with Gasteiger partial charge in [0.25, 0.3) is 0 Å². The van der Waals surface area contributed by atoms with Gasteiger partial charge < -0.3 is 25.2 Å². The van der Waals surface area contributed by atoms with Gasteiger partial charge in [-0.1, -0.05) is 0 Å². The van der Waals surface area contributed by atoms with Crippen molar-refractivity contribution in [3.05, 3.63) is 54.0 Å². The van der Waals surface area contributed by atoms with Gasteiger partial charge in [-0.05, 0) is 56.5 Å². The highest BCUT2D eigenvalue weighted by molar-refractivity contribution is 5.89. The van der Waals surface area contributed by atoms with Crippen LogP contribution in [0.15, 0.2) is 42.7 Å². The van der Waals surface area contributed by atoms with Gasteiger partial charge in [0.2, 0.25) is 5.95 Å². The number of hydrogen-bond donors (Lipinski definition) is 2. The zero-order chi connectivity index (χ0) is 24.5. The average molecular weight is 487 g/mol. The predicted octanol–water partition coefficient (Wildman–Crippen LogP) is 3.01. The highest BCUT2D eigenvalue weighted by atomic mass is 16.5. The monoisotopic (exact) mass is 486 g/mol. The van der Waals surface area contributed by atoms with Gasteiger partial charge in [0.1, 0.15) is 5.82 Å². The van der Waals surface area contributed by atoms with Gasteiger partial charge in [-0.3, -0.25) is 0 Å². The molecule has 6 rings (SSSR count). The maximum atomic E-state index is 11.9. The number of fused-ring (bicyclic) bond motifs is 3. The zero-order valence-corrected chi connectivity index (χ0v) is 20.4. The van der Waals surface area contributed by atoms with E-state index in [-0.39, 0.29) is 18.2 Å². The number of nitrogens with one attached hydrogen (secondary N) is 2. The first kappa shape index (κ1) is 22.7. The number of benzene rings is 1. The van der Waals surface area contributed by atoms with Crippen LogP contribution < -0.4 is 20.4 Å². The van der Waals surface area contributed by atoms with E-state index in [1.165, 1.54) is 5.56 Å². The summed E-state index contributed by atoms with van der Waals surface area (Å²) in [5.41, 5.74) is 3.85. The van der Waals surface area contributed by atoms with Crippen LogP contribution in [-0.4, -0.2) is 64.4 Å². The van der Waals surface area contributed by atoms with Crippen LogP contribution in [0.4, 0.5) is 22.2 Å². The summed E-state index contributed by atoms with van der Waals surface area (Å²) < 4.78 is 6.10. The minimum Gasteiger partial charge on any atom is -0.371 e. The number of urea groups is 1. The first-order chi connectivity index (χ1) is 17.7. The van der Waals surface area contributed by atoms with Crippen LogP contribution in [0.1, 0.15) is 31.0 Å². The molecule has 0 aliphatic carbocycles. The second kappa shape index (κ2) is 9.69. The lowest BCUT2D eigenvalue weighted by atomic mass is 10.0. The highest BCUT2D eigenvalue weighted by Crippen LogP contribution is 2.35. The molecule has 10 nitrogen and oxygen atoms in total. The Morgan fingerprint density at radius 2 is 1.81 bits per heavy atom. The van der Waals surface area contributed by atoms with E-state index in [2.05, 4.69) is 30.4 Å². The molecule has 2 atom stereocenters. The molecule has 36 heavy (non-hydrogen) atoms. The van der Waals surface area contributed by atoms with Gasteiger partial charge in [-0.25, -0.2) is 24.7 Å². The maximum Gasteiger partial charge on any atom is 0.319 e. The van der Waals surface area contributed by atoms with Gasteiger partial charge in [-0.2, -0.15) is 0 Å². The molecule has 0 radical (unpaired) electrons. The molecular weight excluding hydrogens is 456 g/mol. The topological polar surface area (TPSA) is 108 Å². The maximum absolute atomic E-state index is 11.9. The van der Waals surface area contributed by atoms with Crippen molar-refractivity contribution >= 4 is 23.5 Å². The van der Waals surface area contributed by atoms with E-state index in [0.717, 1.165) is 67.6 Å². The van der Waals surface area contributed by atoms with Gasteiger partial charge in [0.15, 0.2) is 5.82 Å². The second-order valence-corrected chi connectivity index (χ2v) is 9.44. The van der Waals surface area contributed by atoms with Crippen LogP contribution in [-0.2, 0) is 17.7 Å². The van der Waals surface area contributed by atoms with Crippen LogP contribution in [0.5, 0.6) is 0 Å². The van der Waals surface area contributed by atoms with E-state index in [9.17, 15) is 4.79 Å². The molecule has 1 aromatic carbocycles. The SMILES string of the molecule is CCNC(=O)Nc1ccc(-c2nc3c(c(N4C[C@H]5CC[C@H](C4)O5)n2)CCN(c2ncccn2)C3)cc1. The fraction of sp³-hybridized carbons (Fsp3) is 0.423. The summed E-state index contributed by atoms with van der Waals surface area (Å²) in [7, 11) is 0. The first-order valence-corrected chi connectivity index (χ1v) is 12.6. The average Bonchev–Trinajstić information content (AvgIpc) is 3.25. The minimum absolute atomic E-state index is 0.220. The fourth-order valence-electron chi connectivity index (χ4n) is 5.25. The van der Waals surface area contributed by atoms with Gasteiger partial charge >= 0.3 is 6.03 Å². The molecule has 2 bridgehead atoms. The van der Waals surface area contributed by atoms with Gasteiger partial charge in [0.05, 0.1) is 24.4 Å². The molecule has 2 aromatic heterocycles. The van der Waals surface area contributed by atoms with E-state index in [4.69, 9.17) is 14.7 Å². The predicted molar refractivity (Wildman–Crippen MR) is 137 cm³/mol. The third-order valence-corrected chi connectivity index (χ3v) is 6.96. The van der Waals surface area contributed by atoms with Crippen molar-refractivity contribution in [3.63, 3.8) is 0 Å². The lowest BCUT2D eigenvalue weighted by Crippen LogP contribution is -2.44. The molecule has 5 heterocycles. The lowest BCUT2D eigenvalue weighted by Gasteiger charge is -2.36. The summed E-state index contributed by atoms with van der Waals surface area (Å²) >= 11 is 0. The van der Waals surface area contributed by atoms with Crippen molar-refractivity contribution in [3.8, 4) is 11.4 Å². The molecule has 0 spiro atoms. The molecular formula is C26H30N8O2. The van der Waals surface area contributed by atoms with Crippen LogP contribution in [0.25, 0.3) is 11.4 Å². The number of hydrogen-bond acceptors (Lipinski definition) is 8. The van der Waals surface area contributed by atoms with Crippen molar-refractivity contribution in [2.45, 2.75) is 44.9 Å². The largest absolute Gasteiger partial charge is 0.371 e. The number of anilines is 3. The van der Waals surface area contributed by atoms with Gasteiger partial charge in [-0.15, -0.1) is 0 Å². The van der Waals surface area contributed by atoms with Crippen LogP contribution in [0.3, 0.4) is 0 Å². The summed E-state index contributed by atoms with van der Waals surface area (Å²) in [5.74, 6) is 2.42. The molecule has 2 saturated heterocycles. The summed E-state index contributed by atoms with van der Waals surface area (Å²) in [6, 6.07) is 9.28. The number of ether oxygens (including phenoxy) is 1. The van der Waals surface area contributed by atoms with Crippen molar-refractivity contribution in [2.24, 2.45) is 0 Å². The Kier molecular flexibility index (Phi) is 6.10. The molecule has 0 unspecified atom stereocenters. The van der Waals surface area contributed by atoms with Crippen molar-refractivity contribution in [2.75, 3.05) is 41.3 Å². The Labute approximate surface area is 210 Å². The standard InChI is InChI=1S/C26H30N8O2/c1-2-27-26(35)30-18-6-4-17(5-7-18)23-31-22-16-33(25-28-11-3-12-29-25)13-10-21(22)24(32-23)34-14-19-8-9-20(15-34)36-19/h3-7,11-12,19-20H,2,8-10,13-16H2,1H3,(H2,27,30,35)/t19-,20-/m1/s1. The van der Waals surface area contributed by atoms with Crippen molar-refractivity contribution in [1.29, 1.82) is 0 Å². The van der Waals surface area contributed by atoms with Crippen molar-refractivity contribution in [1.82, 2.24) is 25.3 Å². The third-order valence-electron chi connectivity index (χ3n) is 6.96. The number of carbonyl (C=O) groups is 1. The highest BCUT2D eigenvalue weighted by Gasteiger charge is 2.36. The van der Waals surface area contributed by atoms with Crippen molar-refractivity contribution < 1.29 is 9.53 Å². The number of rotatable bonds is 5. The number of amides is 2. The Morgan fingerprint density at radius 3 is 2.53 bits per heavy atom.